The van der Waals surface area contributed by atoms with Gasteiger partial charge in [0.25, 0.3) is 0 Å². The Kier molecular flexibility index (Phi) is 1.99. The molecule has 0 bridgehead atoms. The second kappa shape index (κ2) is 2.81. The molecule has 0 spiro atoms. The molecule has 2 aliphatic carbocycles. The molecular weight excluding hydrogens is 164 g/mol. The summed E-state index contributed by atoms with van der Waals surface area (Å²) in [4.78, 5) is 11.4. The summed E-state index contributed by atoms with van der Waals surface area (Å²) in [5.41, 5.74) is -0.721. The Balaban J connectivity index is 2.25. The number of carbonyl (C=O) groups excluding carboxylic acids is 1. The van der Waals surface area contributed by atoms with Crippen molar-refractivity contribution in [3.8, 4) is 0 Å². The van der Waals surface area contributed by atoms with Gasteiger partial charge in [0, 0.05) is 5.92 Å². The van der Waals surface area contributed by atoms with Gasteiger partial charge in [-0.25, -0.2) is 0 Å². The predicted octanol–water partition coefficient (Wildman–Crippen LogP) is 1.76. The number of fused-ring (bicyclic) bond motifs is 1. The molecule has 0 aromatic carbocycles. The first kappa shape index (κ1) is 9.20. The lowest BCUT2D eigenvalue weighted by Gasteiger charge is -2.26. The fourth-order valence-electron chi connectivity index (χ4n) is 3.62. The molecule has 0 aliphatic heterocycles. The van der Waals surface area contributed by atoms with Crippen molar-refractivity contribution in [2.75, 3.05) is 0 Å². The molecule has 0 aromatic rings. The van der Waals surface area contributed by atoms with Crippen molar-refractivity contribution in [1.29, 1.82) is 0 Å². The van der Waals surface area contributed by atoms with Crippen LogP contribution in [0.5, 0.6) is 0 Å². The summed E-state index contributed by atoms with van der Waals surface area (Å²) >= 11 is 0. The first-order valence-corrected chi connectivity index (χ1v) is 5.25. The molecule has 2 aliphatic rings. The lowest BCUT2D eigenvalue weighted by Crippen LogP contribution is -2.36. The topological polar surface area (TPSA) is 37.3 Å². The molecule has 0 amide bonds. The third-order valence-corrected chi connectivity index (χ3v) is 3.93. The van der Waals surface area contributed by atoms with Crippen LogP contribution >= 0.6 is 0 Å². The van der Waals surface area contributed by atoms with Crippen molar-refractivity contribution in [2.24, 2.45) is 17.8 Å². The molecule has 2 saturated carbocycles. The molecule has 0 saturated heterocycles. The number of carbonyl (C=O) groups is 1. The standard InChI is InChI=1S/C11H18O2/c1-7(12)10-9-5-3-4-8(9)6-11(10,2)13/h8-10,13H,3-6H2,1-2H3/t8-,9-,10+,11+/m1/s1. The predicted molar refractivity (Wildman–Crippen MR) is 50.2 cm³/mol. The van der Waals surface area contributed by atoms with E-state index in [1.165, 1.54) is 12.8 Å². The maximum absolute atomic E-state index is 11.4. The van der Waals surface area contributed by atoms with E-state index in [1.807, 2.05) is 6.92 Å². The van der Waals surface area contributed by atoms with Gasteiger partial charge in [0.15, 0.2) is 0 Å². The minimum Gasteiger partial charge on any atom is -0.389 e. The van der Waals surface area contributed by atoms with E-state index >= 15 is 0 Å². The minimum atomic E-state index is -0.721. The van der Waals surface area contributed by atoms with Gasteiger partial charge in [-0.2, -0.15) is 0 Å². The van der Waals surface area contributed by atoms with Crippen molar-refractivity contribution in [3.05, 3.63) is 0 Å². The van der Waals surface area contributed by atoms with E-state index < -0.39 is 5.60 Å². The molecule has 2 rings (SSSR count). The van der Waals surface area contributed by atoms with Crippen LogP contribution in [-0.2, 0) is 4.79 Å². The van der Waals surface area contributed by atoms with Gasteiger partial charge < -0.3 is 5.11 Å². The Morgan fingerprint density at radius 2 is 2.15 bits per heavy atom. The zero-order valence-corrected chi connectivity index (χ0v) is 8.42. The molecule has 2 nitrogen and oxygen atoms in total. The minimum absolute atomic E-state index is 0.0833. The first-order chi connectivity index (χ1) is 6.02. The van der Waals surface area contributed by atoms with Gasteiger partial charge in [-0.05, 0) is 38.5 Å². The van der Waals surface area contributed by atoms with Crippen molar-refractivity contribution in [1.82, 2.24) is 0 Å². The van der Waals surface area contributed by atoms with Crippen LogP contribution in [0.2, 0.25) is 0 Å². The summed E-state index contributed by atoms with van der Waals surface area (Å²) in [5.74, 6) is 1.19. The fourth-order valence-corrected chi connectivity index (χ4v) is 3.62. The van der Waals surface area contributed by atoms with Crippen LogP contribution < -0.4 is 0 Å². The van der Waals surface area contributed by atoms with Crippen molar-refractivity contribution >= 4 is 5.78 Å². The highest BCUT2D eigenvalue weighted by Crippen LogP contribution is 2.52. The van der Waals surface area contributed by atoms with Gasteiger partial charge in [-0.1, -0.05) is 12.8 Å². The van der Waals surface area contributed by atoms with E-state index in [1.54, 1.807) is 6.92 Å². The van der Waals surface area contributed by atoms with Crippen molar-refractivity contribution in [2.45, 2.75) is 45.1 Å². The van der Waals surface area contributed by atoms with E-state index in [2.05, 4.69) is 0 Å². The zero-order chi connectivity index (χ0) is 9.64. The van der Waals surface area contributed by atoms with Gasteiger partial charge >= 0.3 is 0 Å². The molecule has 2 fully saturated rings. The lowest BCUT2D eigenvalue weighted by molar-refractivity contribution is -0.128. The quantitative estimate of drug-likeness (QED) is 0.671. The van der Waals surface area contributed by atoms with E-state index in [9.17, 15) is 9.90 Å². The van der Waals surface area contributed by atoms with Crippen LogP contribution in [0.1, 0.15) is 39.5 Å². The maximum Gasteiger partial charge on any atom is 0.136 e. The molecular formula is C11H18O2. The lowest BCUT2D eigenvalue weighted by atomic mass is 9.83. The number of rotatable bonds is 1. The van der Waals surface area contributed by atoms with Crippen LogP contribution in [0.4, 0.5) is 0 Å². The van der Waals surface area contributed by atoms with Crippen LogP contribution in [0.3, 0.4) is 0 Å². The summed E-state index contributed by atoms with van der Waals surface area (Å²) in [5, 5.41) is 10.1. The van der Waals surface area contributed by atoms with E-state index in [-0.39, 0.29) is 11.7 Å². The Labute approximate surface area is 79.3 Å². The van der Waals surface area contributed by atoms with Gasteiger partial charge in [0.2, 0.25) is 0 Å². The Hall–Kier alpha value is -0.370. The number of hydrogen-bond acceptors (Lipinski definition) is 2. The van der Waals surface area contributed by atoms with Crippen LogP contribution in [-0.4, -0.2) is 16.5 Å². The average molecular weight is 182 g/mol. The van der Waals surface area contributed by atoms with Gasteiger partial charge in [-0.15, -0.1) is 0 Å². The molecule has 0 heterocycles. The average Bonchev–Trinajstić information content (AvgIpc) is 2.41. The molecule has 1 N–H and O–H groups in total. The molecule has 0 aromatic heterocycles. The van der Waals surface area contributed by atoms with Crippen molar-refractivity contribution < 1.29 is 9.90 Å². The molecule has 2 heteroatoms. The summed E-state index contributed by atoms with van der Waals surface area (Å²) < 4.78 is 0. The van der Waals surface area contributed by atoms with Crippen LogP contribution in [0.25, 0.3) is 0 Å². The summed E-state index contributed by atoms with van der Waals surface area (Å²) in [7, 11) is 0. The second-order valence-corrected chi connectivity index (χ2v) is 5.00. The molecule has 0 radical (unpaired) electrons. The summed E-state index contributed by atoms with van der Waals surface area (Å²) in [6.07, 6.45) is 4.44. The van der Waals surface area contributed by atoms with Crippen LogP contribution in [0.15, 0.2) is 0 Å². The van der Waals surface area contributed by atoms with Gasteiger partial charge in [-0.3, -0.25) is 4.79 Å². The van der Waals surface area contributed by atoms with E-state index in [0.29, 0.717) is 11.8 Å². The summed E-state index contributed by atoms with van der Waals surface area (Å²) in [6.45, 7) is 3.46. The Morgan fingerprint density at radius 1 is 1.46 bits per heavy atom. The highest BCUT2D eigenvalue weighted by Gasteiger charge is 2.53. The van der Waals surface area contributed by atoms with Gasteiger partial charge in [0.1, 0.15) is 5.78 Å². The Morgan fingerprint density at radius 3 is 2.77 bits per heavy atom. The first-order valence-electron chi connectivity index (χ1n) is 5.25. The van der Waals surface area contributed by atoms with Crippen LogP contribution in [0, 0.1) is 17.8 Å². The van der Waals surface area contributed by atoms with E-state index in [0.717, 1.165) is 12.8 Å². The molecule has 4 atom stereocenters. The number of Topliss-reactive ketones (excluding diaryl/α,β-unsaturated/α-hetero) is 1. The molecule has 0 unspecified atom stereocenters. The normalized spacial score (nSPS) is 49.3. The number of aliphatic hydroxyl groups is 1. The SMILES string of the molecule is CC(=O)[C@H]1[C@@H]2CCC[C@@H]2C[C@]1(C)O. The summed E-state index contributed by atoms with van der Waals surface area (Å²) in [6, 6.07) is 0. The number of ketones is 1. The monoisotopic (exact) mass is 182 g/mol. The Bertz CT molecular complexity index is 232. The second-order valence-electron chi connectivity index (χ2n) is 5.00. The molecule has 13 heavy (non-hydrogen) atoms. The number of hydrogen-bond donors (Lipinski definition) is 1. The van der Waals surface area contributed by atoms with Crippen molar-refractivity contribution in [3.63, 3.8) is 0 Å². The fraction of sp³-hybridized carbons (Fsp3) is 0.909. The highest BCUT2D eigenvalue weighted by atomic mass is 16.3. The highest BCUT2D eigenvalue weighted by molar-refractivity contribution is 5.80. The zero-order valence-electron chi connectivity index (χ0n) is 8.42. The largest absolute Gasteiger partial charge is 0.389 e. The van der Waals surface area contributed by atoms with E-state index in [4.69, 9.17) is 0 Å². The van der Waals surface area contributed by atoms with Gasteiger partial charge in [0.05, 0.1) is 5.60 Å². The smallest absolute Gasteiger partial charge is 0.136 e. The maximum atomic E-state index is 11.4. The third kappa shape index (κ3) is 1.32. The molecule has 74 valence electrons. The third-order valence-electron chi connectivity index (χ3n) is 3.93.